The Bertz CT molecular complexity index is 1030. The Morgan fingerprint density at radius 1 is 1.00 bits per heavy atom. The molecule has 1 aliphatic heterocycles. The molecule has 0 bridgehead atoms. The molecule has 1 aliphatic rings. The molecular weight excluding hydrogens is 394 g/mol. The van der Waals surface area contributed by atoms with Gasteiger partial charge in [0.2, 0.25) is 0 Å². The van der Waals surface area contributed by atoms with Gasteiger partial charge in [-0.1, -0.05) is 30.3 Å². The maximum atomic E-state index is 10.5. The van der Waals surface area contributed by atoms with Gasteiger partial charge in [0.1, 0.15) is 30.0 Å². The van der Waals surface area contributed by atoms with Crippen LogP contribution in [0.4, 0.5) is 0 Å². The largest absolute Gasteiger partial charge is 0.497 e. The van der Waals surface area contributed by atoms with E-state index in [2.05, 4.69) is 12.1 Å². The molecule has 1 unspecified atom stereocenters. The van der Waals surface area contributed by atoms with Crippen LogP contribution >= 0.6 is 0 Å². The molecule has 0 aliphatic carbocycles. The van der Waals surface area contributed by atoms with Gasteiger partial charge in [-0.3, -0.25) is 4.90 Å². The van der Waals surface area contributed by atoms with Gasteiger partial charge in [-0.15, -0.1) is 0 Å². The third kappa shape index (κ3) is 4.77. The zero-order valence-electron chi connectivity index (χ0n) is 18.2. The van der Waals surface area contributed by atoms with Crippen molar-refractivity contribution in [2.24, 2.45) is 0 Å². The lowest BCUT2D eigenvalue weighted by Crippen LogP contribution is -2.61. The number of hydrogen-bond acceptors (Lipinski definition) is 6. The molecule has 0 aromatic heterocycles. The molecule has 31 heavy (non-hydrogen) atoms. The molecule has 0 saturated carbocycles. The first-order chi connectivity index (χ1) is 14.9. The summed E-state index contributed by atoms with van der Waals surface area (Å²) in [6.45, 7) is 3.55. The maximum absolute atomic E-state index is 10.5. The summed E-state index contributed by atoms with van der Waals surface area (Å²) in [6.07, 6.45) is -0.657. The van der Waals surface area contributed by atoms with E-state index in [9.17, 15) is 10.2 Å². The van der Waals surface area contributed by atoms with E-state index < -0.39 is 11.7 Å². The number of fused-ring (bicyclic) bond motifs is 1. The average molecular weight is 424 g/mol. The minimum absolute atomic E-state index is 0.158. The fourth-order valence-corrected chi connectivity index (χ4v) is 4.20. The SMILES string of the molecule is COc1cc(OC)cc(-c2c(OCC(O)CN3CC(C)(O)C3)ccc3ccccc23)c1. The van der Waals surface area contributed by atoms with Gasteiger partial charge in [0.15, 0.2) is 0 Å². The summed E-state index contributed by atoms with van der Waals surface area (Å²) < 4.78 is 17.0. The fourth-order valence-electron chi connectivity index (χ4n) is 4.20. The molecule has 1 atom stereocenters. The summed E-state index contributed by atoms with van der Waals surface area (Å²) in [5, 5.41) is 22.5. The van der Waals surface area contributed by atoms with E-state index in [1.54, 1.807) is 21.1 Å². The first kappa shape index (κ1) is 21.4. The second-order valence-electron chi connectivity index (χ2n) is 8.39. The summed E-state index contributed by atoms with van der Waals surface area (Å²) in [7, 11) is 3.26. The van der Waals surface area contributed by atoms with Crippen LogP contribution in [0.15, 0.2) is 54.6 Å². The van der Waals surface area contributed by atoms with Gasteiger partial charge in [-0.25, -0.2) is 0 Å². The zero-order valence-corrected chi connectivity index (χ0v) is 18.2. The second-order valence-corrected chi connectivity index (χ2v) is 8.39. The Morgan fingerprint density at radius 3 is 2.32 bits per heavy atom. The van der Waals surface area contributed by atoms with E-state index in [1.807, 2.05) is 47.4 Å². The van der Waals surface area contributed by atoms with Gasteiger partial charge >= 0.3 is 0 Å². The van der Waals surface area contributed by atoms with Crippen LogP contribution < -0.4 is 14.2 Å². The van der Waals surface area contributed by atoms with E-state index in [1.165, 1.54) is 0 Å². The highest BCUT2D eigenvalue weighted by Gasteiger charge is 2.37. The Labute approximate surface area is 182 Å². The molecule has 0 spiro atoms. The number of methoxy groups -OCH3 is 2. The van der Waals surface area contributed by atoms with Gasteiger partial charge in [0, 0.05) is 31.3 Å². The van der Waals surface area contributed by atoms with Gasteiger partial charge in [0.25, 0.3) is 0 Å². The number of β-amino-alcohol motifs (C(OH)–C–C–N with tert-alkyl or cyclic N) is 2. The first-order valence-corrected chi connectivity index (χ1v) is 10.4. The predicted molar refractivity (Wildman–Crippen MR) is 121 cm³/mol. The number of benzene rings is 3. The summed E-state index contributed by atoms with van der Waals surface area (Å²) in [5.74, 6) is 2.07. The highest BCUT2D eigenvalue weighted by Crippen LogP contribution is 2.40. The lowest BCUT2D eigenvalue weighted by Gasteiger charge is -2.44. The molecule has 1 fully saturated rings. The monoisotopic (exact) mass is 423 g/mol. The third-order valence-corrected chi connectivity index (χ3v) is 5.56. The molecule has 6 heteroatoms. The molecule has 4 rings (SSSR count). The molecule has 1 heterocycles. The number of aliphatic hydroxyl groups is 2. The van der Waals surface area contributed by atoms with Crippen LogP contribution in [0.3, 0.4) is 0 Å². The molecule has 3 aromatic rings. The van der Waals surface area contributed by atoms with Crippen molar-refractivity contribution < 1.29 is 24.4 Å². The number of aliphatic hydroxyl groups excluding tert-OH is 1. The van der Waals surface area contributed by atoms with Crippen molar-refractivity contribution >= 4 is 10.8 Å². The Morgan fingerprint density at radius 2 is 1.68 bits per heavy atom. The predicted octanol–water partition coefficient (Wildman–Crippen LogP) is 3.33. The Hall–Kier alpha value is -2.80. The normalized spacial score (nSPS) is 16.5. The van der Waals surface area contributed by atoms with Crippen molar-refractivity contribution in [1.82, 2.24) is 4.90 Å². The van der Waals surface area contributed by atoms with Gasteiger partial charge in [-0.05, 0) is 41.5 Å². The third-order valence-electron chi connectivity index (χ3n) is 5.56. The molecule has 0 amide bonds. The molecule has 3 aromatic carbocycles. The van der Waals surface area contributed by atoms with Crippen molar-refractivity contribution in [3.63, 3.8) is 0 Å². The first-order valence-electron chi connectivity index (χ1n) is 10.4. The van der Waals surface area contributed by atoms with Crippen molar-refractivity contribution in [3.05, 3.63) is 54.6 Å². The average Bonchev–Trinajstić information content (AvgIpc) is 2.75. The highest BCUT2D eigenvalue weighted by molar-refractivity contribution is 6.00. The summed E-state index contributed by atoms with van der Waals surface area (Å²) >= 11 is 0. The molecule has 0 radical (unpaired) electrons. The molecular formula is C25H29NO5. The highest BCUT2D eigenvalue weighted by atomic mass is 16.5. The lowest BCUT2D eigenvalue weighted by molar-refractivity contribution is -0.0978. The number of likely N-dealkylation sites (tertiary alicyclic amines) is 1. The van der Waals surface area contributed by atoms with Crippen molar-refractivity contribution in [2.45, 2.75) is 18.6 Å². The van der Waals surface area contributed by atoms with Crippen molar-refractivity contribution in [2.75, 3.05) is 40.5 Å². The van der Waals surface area contributed by atoms with Crippen LogP contribution in [-0.2, 0) is 0 Å². The summed E-state index contributed by atoms with van der Waals surface area (Å²) in [6, 6.07) is 17.8. The summed E-state index contributed by atoms with van der Waals surface area (Å²) in [5.41, 5.74) is 1.18. The molecule has 1 saturated heterocycles. The molecule has 164 valence electrons. The minimum atomic E-state index is -0.657. The van der Waals surface area contributed by atoms with Crippen LogP contribution in [0.2, 0.25) is 0 Å². The van der Waals surface area contributed by atoms with Crippen molar-refractivity contribution in [3.8, 4) is 28.4 Å². The quantitative estimate of drug-likeness (QED) is 0.579. The minimum Gasteiger partial charge on any atom is -0.497 e. The van der Waals surface area contributed by atoms with E-state index in [0.717, 1.165) is 21.9 Å². The summed E-state index contributed by atoms with van der Waals surface area (Å²) in [4.78, 5) is 2.02. The molecule has 6 nitrogen and oxygen atoms in total. The van der Waals surface area contributed by atoms with E-state index in [0.29, 0.717) is 36.9 Å². The Balaban J connectivity index is 1.63. The number of ether oxygens (including phenoxy) is 3. The fraction of sp³-hybridized carbons (Fsp3) is 0.360. The van der Waals surface area contributed by atoms with Crippen LogP contribution in [0, 0.1) is 0 Å². The van der Waals surface area contributed by atoms with Gasteiger partial charge < -0.3 is 24.4 Å². The standard InChI is InChI=1S/C25H29NO5/c1-25(28)15-26(16-25)13-19(27)14-31-23-9-8-17-6-4-5-7-22(17)24(23)18-10-20(29-2)12-21(11-18)30-3/h4-12,19,27-28H,13-16H2,1-3H3. The number of rotatable bonds is 8. The van der Waals surface area contributed by atoms with E-state index in [-0.39, 0.29) is 6.61 Å². The number of nitrogens with zero attached hydrogens (tertiary/aromatic N) is 1. The second kappa shape index (κ2) is 8.75. The number of hydrogen-bond donors (Lipinski definition) is 2. The van der Waals surface area contributed by atoms with Crippen LogP contribution in [0.25, 0.3) is 21.9 Å². The smallest absolute Gasteiger partial charge is 0.127 e. The van der Waals surface area contributed by atoms with Gasteiger partial charge in [-0.2, -0.15) is 0 Å². The van der Waals surface area contributed by atoms with Crippen LogP contribution in [0.5, 0.6) is 17.2 Å². The van der Waals surface area contributed by atoms with Crippen molar-refractivity contribution in [1.29, 1.82) is 0 Å². The zero-order chi connectivity index (χ0) is 22.0. The maximum Gasteiger partial charge on any atom is 0.127 e. The van der Waals surface area contributed by atoms with Crippen LogP contribution in [0.1, 0.15) is 6.92 Å². The Kier molecular flexibility index (Phi) is 6.05. The van der Waals surface area contributed by atoms with Crippen LogP contribution in [-0.4, -0.2) is 67.3 Å². The lowest BCUT2D eigenvalue weighted by atomic mass is 9.96. The van der Waals surface area contributed by atoms with E-state index in [4.69, 9.17) is 14.2 Å². The van der Waals surface area contributed by atoms with Gasteiger partial charge in [0.05, 0.1) is 19.8 Å². The molecule has 2 N–H and O–H groups in total. The van der Waals surface area contributed by atoms with E-state index >= 15 is 0 Å². The topological polar surface area (TPSA) is 71.4 Å².